The van der Waals surface area contributed by atoms with Gasteiger partial charge in [-0.1, -0.05) is 30.1 Å². The van der Waals surface area contributed by atoms with E-state index in [1.165, 1.54) is 30.3 Å². The third-order valence-corrected chi connectivity index (χ3v) is 5.66. The first kappa shape index (κ1) is 23.3. The second-order valence-electron chi connectivity index (χ2n) is 7.58. The molecule has 4 rings (SSSR count). The third-order valence-electron chi connectivity index (χ3n) is 5.33. The molecule has 0 aliphatic heterocycles. The largest absolute Gasteiger partial charge is 0.418 e. The number of benzene rings is 2. The zero-order valence-corrected chi connectivity index (χ0v) is 18.5. The van der Waals surface area contributed by atoms with E-state index in [2.05, 4.69) is 10.1 Å². The third kappa shape index (κ3) is 4.22. The lowest BCUT2D eigenvalue weighted by Crippen LogP contribution is -2.10. The average Bonchev–Trinajstić information content (AvgIpc) is 3.38. The molecule has 34 heavy (non-hydrogen) atoms. The summed E-state index contributed by atoms with van der Waals surface area (Å²) in [6, 6.07) is 10.1. The molecule has 0 spiro atoms. The number of hydrogen-bond donors (Lipinski definition) is 1. The predicted molar refractivity (Wildman–Crippen MR) is 118 cm³/mol. The number of fused-ring (bicyclic) bond motifs is 1. The number of rotatable bonds is 6. The highest BCUT2D eigenvalue weighted by Gasteiger charge is 2.36. The van der Waals surface area contributed by atoms with Crippen molar-refractivity contribution in [2.24, 2.45) is 5.73 Å². The highest BCUT2D eigenvalue weighted by atomic mass is 35.5. The highest BCUT2D eigenvalue weighted by Crippen LogP contribution is 2.39. The Hall–Kier alpha value is -3.84. The molecule has 11 heteroatoms. The number of amides is 1. The first-order chi connectivity index (χ1) is 16.1. The maximum atomic E-state index is 13.8. The summed E-state index contributed by atoms with van der Waals surface area (Å²) in [7, 11) is 0. The highest BCUT2D eigenvalue weighted by molar-refractivity contribution is 6.33. The van der Waals surface area contributed by atoms with Gasteiger partial charge in [0.05, 0.1) is 34.3 Å². The monoisotopic (exact) mass is 487 g/mol. The van der Waals surface area contributed by atoms with Crippen LogP contribution in [0.2, 0.25) is 5.02 Å². The molecule has 2 aromatic carbocycles. The fraction of sp³-hybridized carbons (Fsp3) is 0.217. The Morgan fingerprint density at radius 2 is 2.03 bits per heavy atom. The molecular formula is C23H17ClF3N5O2. The molecule has 0 radical (unpaired) electrons. The standard InChI is InChI=1S/C23H17ClF3N5O2/c1-2-3-14-9-16-18(7-5-13(10-28)20(16)23(25,26)27)32(14)11-19-30-22(34-31-19)15-8-12(21(29)33)4-6-17(15)24/h4-9H,2-3,11H2,1H3,(H2,29,33). The fourth-order valence-corrected chi connectivity index (χ4v) is 4.05. The molecule has 2 N–H and O–H groups in total. The van der Waals surface area contributed by atoms with Crippen molar-refractivity contribution in [3.63, 3.8) is 0 Å². The van der Waals surface area contributed by atoms with Gasteiger partial charge in [0.15, 0.2) is 5.82 Å². The van der Waals surface area contributed by atoms with Crippen molar-refractivity contribution in [1.29, 1.82) is 5.26 Å². The van der Waals surface area contributed by atoms with E-state index in [4.69, 9.17) is 21.9 Å². The van der Waals surface area contributed by atoms with Gasteiger partial charge in [-0.2, -0.15) is 23.4 Å². The van der Waals surface area contributed by atoms with E-state index >= 15 is 0 Å². The zero-order valence-electron chi connectivity index (χ0n) is 17.8. The Morgan fingerprint density at radius 1 is 1.26 bits per heavy atom. The molecule has 0 aliphatic rings. The Kier molecular flexibility index (Phi) is 6.06. The number of hydrogen-bond acceptors (Lipinski definition) is 5. The molecule has 7 nitrogen and oxygen atoms in total. The Morgan fingerprint density at radius 3 is 2.68 bits per heavy atom. The molecule has 0 saturated carbocycles. The van der Waals surface area contributed by atoms with Crippen molar-refractivity contribution in [3.8, 4) is 17.5 Å². The Bertz CT molecular complexity index is 1450. The molecule has 2 aromatic heterocycles. The van der Waals surface area contributed by atoms with Crippen molar-refractivity contribution >= 4 is 28.4 Å². The van der Waals surface area contributed by atoms with Crippen molar-refractivity contribution in [2.75, 3.05) is 0 Å². The molecule has 2 heterocycles. The van der Waals surface area contributed by atoms with Gasteiger partial charge < -0.3 is 14.8 Å². The fourth-order valence-electron chi connectivity index (χ4n) is 3.85. The quantitative estimate of drug-likeness (QED) is 0.395. The van der Waals surface area contributed by atoms with Gasteiger partial charge in [-0.05, 0) is 42.8 Å². The summed E-state index contributed by atoms with van der Waals surface area (Å²) < 4.78 is 48.4. The maximum absolute atomic E-state index is 13.8. The normalized spacial score (nSPS) is 11.6. The summed E-state index contributed by atoms with van der Waals surface area (Å²) in [5.41, 5.74) is 5.36. The van der Waals surface area contributed by atoms with E-state index in [0.717, 1.165) is 6.07 Å². The van der Waals surface area contributed by atoms with Crippen LogP contribution in [0.3, 0.4) is 0 Å². The summed E-state index contributed by atoms with van der Waals surface area (Å²) in [6.45, 7) is 1.94. The van der Waals surface area contributed by atoms with Gasteiger partial charge in [0.1, 0.15) is 0 Å². The molecule has 0 aliphatic carbocycles. The van der Waals surface area contributed by atoms with E-state index < -0.39 is 23.2 Å². The van der Waals surface area contributed by atoms with Crippen LogP contribution in [0.5, 0.6) is 0 Å². The number of alkyl halides is 3. The summed E-state index contributed by atoms with van der Waals surface area (Å²) in [5.74, 6) is -0.416. The molecule has 4 aromatic rings. The van der Waals surface area contributed by atoms with Crippen LogP contribution in [0.25, 0.3) is 22.4 Å². The van der Waals surface area contributed by atoms with Gasteiger partial charge in [0.25, 0.3) is 5.89 Å². The van der Waals surface area contributed by atoms with Crippen molar-refractivity contribution in [3.05, 3.63) is 69.6 Å². The number of halogens is 4. The summed E-state index contributed by atoms with van der Waals surface area (Å²) >= 11 is 6.20. The first-order valence-electron chi connectivity index (χ1n) is 10.2. The molecule has 0 saturated heterocycles. The smallest absolute Gasteiger partial charge is 0.366 e. The van der Waals surface area contributed by atoms with Crippen LogP contribution in [0.4, 0.5) is 13.2 Å². The predicted octanol–water partition coefficient (Wildman–Crippen LogP) is 5.33. The second kappa shape index (κ2) is 8.83. The van der Waals surface area contributed by atoms with E-state index in [1.807, 2.05) is 6.92 Å². The molecular weight excluding hydrogens is 471 g/mol. The van der Waals surface area contributed by atoms with Crippen LogP contribution in [-0.4, -0.2) is 20.6 Å². The van der Waals surface area contributed by atoms with E-state index in [1.54, 1.807) is 10.6 Å². The number of carbonyl (C=O) groups excluding carboxylic acids is 1. The zero-order chi connectivity index (χ0) is 24.6. The van der Waals surface area contributed by atoms with E-state index in [-0.39, 0.29) is 34.2 Å². The van der Waals surface area contributed by atoms with Crippen LogP contribution in [0, 0.1) is 11.3 Å². The number of primary amides is 1. The number of nitrogens with two attached hydrogens (primary N) is 1. The number of nitrogens with zero attached hydrogens (tertiary/aromatic N) is 4. The summed E-state index contributed by atoms with van der Waals surface area (Å²) in [5, 5.41) is 13.4. The number of aromatic nitrogens is 3. The molecule has 1 amide bonds. The topological polar surface area (TPSA) is 111 Å². The lowest BCUT2D eigenvalue weighted by molar-refractivity contribution is -0.136. The molecule has 0 fully saturated rings. The van der Waals surface area contributed by atoms with Gasteiger partial charge in [-0.15, -0.1) is 0 Å². The van der Waals surface area contributed by atoms with Crippen molar-refractivity contribution < 1.29 is 22.5 Å². The minimum atomic E-state index is -4.69. The minimum Gasteiger partial charge on any atom is -0.366 e. The molecule has 0 bridgehead atoms. The number of aryl methyl sites for hydroxylation is 1. The molecule has 0 unspecified atom stereocenters. The Labute approximate surface area is 196 Å². The second-order valence-corrected chi connectivity index (χ2v) is 7.98. The van der Waals surface area contributed by atoms with Crippen LogP contribution < -0.4 is 5.73 Å². The Balaban J connectivity index is 1.80. The first-order valence-corrected chi connectivity index (χ1v) is 10.6. The van der Waals surface area contributed by atoms with Crippen LogP contribution in [0.1, 0.15) is 46.3 Å². The van der Waals surface area contributed by atoms with E-state index in [0.29, 0.717) is 29.6 Å². The maximum Gasteiger partial charge on any atom is 0.418 e. The van der Waals surface area contributed by atoms with E-state index in [9.17, 15) is 23.2 Å². The number of carbonyl (C=O) groups is 1. The van der Waals surface area contributed by atoms with Gasteiger partial charge in [0, 0.05) is 22.2 Å². The van der Waals surface area contributed by atoms with Crippen molar-refractivity contribution in [2.45, 2.75) is 32.5 Å². The van der Waals surface area contributed by atoms with Gasteiger partial charge in [0.2, 0.25) is 5.91 Å². The van der Waals surface area contributed by atoms with Gasteiger partial charge in [-0.25, -0.2) is 0 Å². The van der Waals surface area contributed by atoms with Gasteiger partial charge >= 0.3 is 6.18 Å². The summed E-state index contributed by atoms with van der Waals surface area (Å²) in [4.78, 5) is 15.8. The SMILES string of the molecule is CCCc1cc2c(C(F)(F)F)c(C#N)ccc2n1Cc1noc(-c2cc(C(N)=O)ccc2Cl)n1. The van der Waals surface area contributed by atoms with Crippen LogP contribution in [0.15, 0.2) is 40.9 Å². The van der Waals surface area contributed by atoms with Crippen LogP contribution in [-0.2, 0) is 19.1 Å². The minimum absolute atomic E-state index is 0.0264. The van der Waals surface area contributed by atoms with Crippen LogP contribution >= 0.6 is 11.6 Å². The molecule has 174 valence electrons. The van der Waals surface area contributed by atoms with Gasteiger partial charge in [-0.3, -0.25) is 4.79 Å². The average molecular weight is 488 g/mol. The molecule has 0 atom stereocenters. The van der Waals surface area contributed by atoms with Crippen molar-refractivity contribution in [1.82, 2.24) is 14.7 Å². The lowest BCUT2D eigenvalue weighted by atomic mass is 10.0. The number of nitriles is 1. The summed E-state index contributed by atoms with van der Waals surface area (Å²) in [6.07, 6.45) is -3.50. The lowest BCUT2D eigenvalue weighted by Gasteiger charge is -2.11.